The summed E-state index contributed by atoms with van der Waals surface area (Å²) < 4.78 is 25.2. The fraction of sp³-hybridized carbons (Fsp3) is 1.00. The van der Waals surface area contributed by atoms with Crippen LogP contribution in [0.2, 0.25) is 0 Å². The van der Waals surface area contributed by atoms with Crippen molar-refractivity contribution in [2.45, 2.75) is 5.92 Å². The Hall–Kier alpha value is 0.360. The van der Waals surface area contributed by atoms with E-state index in [0.717, 1.165) is 0 Å². The average Bonchev–Trinajstić information content (AvgIpc) is 1.90. The van der Waals surface area contributed by atoms with Gasteiger partial charge < -0.3 is 5.32 Å². The molecule has 1 heterocycles. The molecule has 12 heavy (non-hydrogen) atoms. The molecule has 0 aromatic rings. The maximum Gasteiger partial charge on any atom is 0.272 e. The van der Waals surface area contributed by atoms with Crippen molar-refractivity contribution in [1.82, 2.24) is 10.2 Å². The van der Waals surface area contributed by atoms with E-state index >= 15 is 0 Å². The predicted octanol–water partition coefficient (Wildman–Crippen LogP) is 1.00. The third-order valence-corrected chi connectivity index (χ3v) is 1.56. The lowest BCUT2D eigenvalue weighted by Gasteiger charge is -2.18. The Morgan fingerprint density at radius 2 is 1.92 bits per heavy atom. The van der Waals surface area contributed by atoms with Crippen molar-refractivity contribution >= 4 is 24.8 Å². The molecule has 76 valence electrons. The van der Waals surface area contributed by atoms with E-state index in [1.54, 1.807) is 11.9 Å². The summed E-state index contributed by atoms with van der Waals surface area (Å²) in [4.78, 5) is 1.64. The molecule has 0 saturated carbocycles. The summed E-state index contributed by atoms with van der Waals surface area (Å²) in [5.74, 6) is -2.55. The largest absolute Gasteiger partial charge is 0.310 e. The fourth-order valence-electron chi connectivity index (χ4n) is 1.07. The molecule has 0 amide bonds. The van der Waals surface area contributed by atoms with Crippen LogP contribution in [-0.2, 0) is 0 Å². The Labute approximate surface area is 83.5 Å². The monoisotopic (exact) mass is 222 g/mol. The van der Waals surface area contributed by atoms with Gasteiger partial charge >= 0.3 is 0 Å². The SMILES string of the molecule is CN1CCNCC(F)(F)C1.Cl.Cl. The van der Waals surface area contributed by atoms with Gasteiger partial charge in [0, 0.05) is 13.1 Å². The molecular formula is C6H14Cl2F2N2. The minimum atomic E-state index is -2.55. The van der Waals surface area contributed by atoms with E-state index in [1.807, 2.05) is 0 Å². The highest BCUT2D eigenvalue weighted by molar-refractivity contribution is 5.85. The summed E-state index contributed by atoms with van der Waals surface area (Å²) in [5.41, 5.74) is 0. The molecule has 1 saturated heterocycles. The maximum atomic E-state index is 12.6. The summed E-state index contributed by atoms with van der Waals surface area (Å²) >= 11 is 0. The molecule has 0 aromatic heterocycles. The van der Waals surface area contributed by atoms with Gasteiger partial charge in [-0.15, -0.1) is 24.8 Å². The first-order chi connectivity index (χ1) is 4.60. The number of likely N-dealkylation sites (N-methyl/N-ethyl adjacent to an activating group) is 1. The van der Waals surface area contributed by atoms with Crippen LogP contribution in [0.25, 0.3) is 0 Å². The lowest BCUT2D eigenvalue weighted by atomic mass is 10.3. The van der Waals surface area contributed by atoms with Gasteiger partial charge in [0.1, 0.15) is 0 Å². The minimum Gasteiger partial charge on any atom is -0.310 e. The molecule has 2 nitrogen and oxygen atoms in total. The van der Waals surface area contributed by atoms with Crippen LogP contribution in [0.3, 0.4) is 0 Å². The van der Waals surface area contributed by atoms with E-state index in [0.29, 0.717) is 13.1 Å². The van der Waals surface area contributed by atoms with E-state index in [9.17, 15) is 8.78 Å². The number of alkyl halides is 2. The van der Waals surface area contributed by atoms with Gasteiger partial charge in [0.2, 0.25) is 0 Å². The molecule has 6 heteroatoms. The normalized spacial score (nSPS) is 23.2. The highest BCUT2D eigenvalue weighted by Gasteiger charge is 2.31. The van der Waals surface area contributed by atoms with Crippen LogP contribution in [0, 0.1) is 0 Å². The van der Waals surface area contributed by atoms with Crippen molar-refractivity contribution in [3.05, 3.63) is 0 Å². The Balaban J connectivity index is 0. The van der Waals surface area contributed by atoms with Gasteiger partial charge in [-0.05, 0) is 7.05 Å². The summed E-state index contributed by atoms with van der Waals surface area (Å²) in [6.07, 6.45) is 0. The second-order valence-electron chi connectivity index (χ2n) is 2.77. The lowest BCUT2D eigenvalue weighted by Crippen LogP contribution is -2.36. The first kappa shape index (κ1) is 14.9. The van der Waals surface area contributed by atoms with Crippen molar-refractivity contribution in [2.75, 3.05) is 33.2 Å². The molecule has 0 atom stereocenters. The predicted molar refractivity (Wildman–Crippen MR) is 49.8 cm³/mol. The highest BCUT2D eigenvalue weighted by atomic mass is 35.5. The lowest BCUT2D eigenvalue weighted by molar-refractivity contribution is -0.0131. The van der Waals surface area contributed by atoms with E-state index < -0.39 is 5.92 Å². The van der Waals surface area contributed by atoms with Crippen LogP contribution < -0.4 is 5.32 Å². The smallest absolute Gasteiger partial charge is 0.272 e. The topological polar surface area (TPSA) is 15.3 Å². The van der Waals surface area contributed by atoms with Gasteiger partial charge in [-0.2, -0.15) is 0 Å². The van der Waals surface area contributed by atoms with Gasteiger partial charge in [-0.1, -0.05) is 0 Å². The zero-order valence-electron chi connectivity index (χ0n) is 6.85. The standard InChI is InChI=1S/C6H12F2N2.2ClH/c1-10-3-2-9-4-6(7,8)5-10;;/h9H,2-5H2,1H3;2*1H. The average molecular weight is 223 g/mol. The van der Waals surface area contributed by atoms with Crippen LogP contribution in [-0.4, -0.2) is 44.0 Å². The van der Waals surface area contributed by atoms with Crippen LogP contribution >= 0.6 is 24.8 Å². The van der Waals surface area contributed by atoms with E-state index in [-0.39, 0.29) is 37.9 Å². The molecule has 1 rings (SSSR count). The van der Waals surface area contributed by atoms with Crippen molar-refractivity contribution in [3.63, 3.8) is 0 Å². The van der Waals surface area contributed by atoms with Gasteiger partial charge in [0.15, 0.2) is 0 Å². The Morgan fingerprint density at radius 3 is 2.50 bits per heavy atom. The molecule has 0 unspecified atom stereocenters. The number of nitrogens with zero attached hydrogens (tertiary/aromatic N) is 1. The summed E-state index contributed by atoms with van der Waals surface area (Å²) in [6, 6.07) is 0. The molecule has 0 spiro atoms. The van der Waals surface area contributed by atoms with Crippen LogP contribution in [0.4, 0.5) is 8.78 Å². The van der Waals surface area contributed by atoms with Crippen molar-refractivity contribution in [3.8, 4) is 0 Å². The van der Waals surface area contributed by atoms with Crippen LogP contribution in [0.5, 0.6) is 0 Å². The van der Waals surface area contributed by atoms with Crippen molar-refractivity contribution < 1.29 is 8.78 Å². The molecule has 0 aliphatic carbocycles. The number of halogens is 4. The Bertz CT molecular complexity index is 124. The molecule has 0 aromatic carbocycles. The Morgan fingerprint density at radius 1 is 1.33 bits per heavy atom. The van der Waals surface area contributed by atoms with Crippen LogP contribution in [0.15, 0.2) is 0 Å². The fourth-order valence-corrected chi connectivity index (χ4v) is 1.07. The first-order valence-electron chi connectivity index (χ1n) is 3.37. The number of hydrogen-bond acceptors (Lipinski definition) is 2. The van der Waals surface area contributed by atoms with Gasteiger partial charge in [0.05, 0.1) is 13.1 Å². The minimum absolute atomic E-state index is 0. The summed E-state index contributed by atoms with van der Waals surface area (Å²) in [6.45, 7) is 1.05. The summed E-state index contributed by atoms with van der Waals surface area (Å²) in [5, 5.41) is 2.68. The van der Waals surface area contributed by atoms with Crippen molar-refractivity contribution in [1.29, 1.82) is 0 Å². The van der Waals surface area contributed by atoms with Gasteiger partial charge in [-0.25, -0.2) is 8.78 Å². The van der Waals surface area contributed by atoms with E-state index in [2.05, 4.69) is 5.32 Å². The highest BCUT2D eigenvalue weighted by Crippen LogP contribution is 2.14. The molecule has 1 N–H and O–H groups in total. The first-order valence-corrected chi connectivity index (χ1v) is 3.37. The third-order valence-electron chi connectivity index (χ3n) is 1.56. The number of rotatable bonds is 0. The second kappa shape index (κ2) is 5.91. The zero-order valence-corrected chi connectivity index (χ0v) is 8.48. The molecule has 1 aliphatic rings. The molecule has 1 fully saturated rings. The van der Waals surface area contributed by atoms with Crippen molar-refractivity contribution in [2.24, 2.45) is 0 Å². The molecule has 0 bridgehead atoms. The van der Waals surface area contributed by atoms with Gasteiger partial charge in [-0.3, -0.25) is 4.90 Å². The third kappa shape index (κ3) is 5.09. The van der Waals surface area contributed by atoms with Gasteiger partial charge in [0.25, 0.3) is 5.92 Å². The second-order valence-corrected chi connectivity index (χ2v) is 2.77. The quantitative estimate of drug-likeness (QED) is 0.659. The molecule has 0 radical (unpaired) electrons. The number of nitrogens with one attached hydrogen (secondary N) is 1. The summed E-state index contributed by atoms with van der Waals surface area (Å²) in [7, 11) is 1.71. The maximum absolute atomic E-state index is 12.6. The van der Waals surface area contributed by atoms with Crippen LogP contribution in [0.1, 0.15) is 0 Å². The Kier molecular flexibility index (Phi) is 7.32. The molecule has 1 aliphatic heterocycles. The number of hydrogen-bond donors (Lipinski definition) is 1. The zero-order chi connectivity index (χ0) is 7.61. The van der Waals surface area contributed by atoms with E-state index in [4.69, 9.17) is 0 Å². The molecular weight excluding hydrogens is 209 g/mol. The van der Waals surface area contributed by atoms with E-state index in [1.165, 1.54) is 0 Å².